The predicted octanol–water partition coefficient (Wildman–Crippen LogP) is 2.35. The zero-order valence-corrected chi connectivity index (χ0v) is 13.6. The Labute approximate surface area is 125 Å². The molecule has 1 aliphatic rings. The molecule has 1 aromatic heterocycles. The van der Waals surface area contributed by atoms with Gasteiger partial charge in [0.25, 0.3) is 0 Å². The summed E-state index contributed by atoms with van der Waals surface area (Å²) in [6, 6.07) is 3.54. The molecule has 1 fully saturated rings. The van der Waals surface area contributed by atoms with Gasteiger partial charge in [-0.2, -0.15) is 0 Å². The van der Waals surface area contributed by atoms with E-state index in [1.54, 1.807) is 6.07 Å². The molecular weight excluding hydrogens is 292 g/mol. The van der Waals surface area contributed by atoms with Crippen molar-refractivity contribution >= 4 is 21.4 Å². The van der Waals surface area contributed by atoms with E-state index >= 15 is 0 Å². The average Bonchev–Trinajstić information content (AvgIpc) is 2.88. The van der Waals surface area contributed by atoms with Crippen molar-refractivity contribution in [2.45, 2.75) is 43.2 Å². The Hall–Kier alpha value is -0.430. The van der Waals surface area contributed by atoms with Crippen molar-refractivity contribution in [3.05, 3.63) is 17.0 Å². The quantitative estimate of drug-likeness (QED) is 0.846. The van der Waals surface area contributed by atoms with Gasteiger partial charge in [-0.3, -0.25) is 0 Å². The van der Waals surface area contributed by atoms with Gasteiger partial charge in [0.2, 0.25) is 10.0 Å². The molecule has 0 spiro atoms. The van der Waals surface area contributed by atoms with E-state index in [1.807, 2.05) is 6.07 Å². The maximum Gasteiger partial charge on any atom is 0.250 e. The van der Waals surface area contributed by atoms with Gasteiger partial charge in [-0.05, 0) is 43.4 Å². The van der Waals surface area contributed by atoms with Crippen LogP contribution in [-0.4, -0.2) is 21.5 Å². The lowest BCUT2D eigenvalue weighted by molar-refractivity contribution is 0.257. The van der Waals surface area contributed by atoms with Crippen LogP contribution in [0.4, 0.5) is 0 Å². The second kappa shape index (κ2) is 7.02. The topological polar surface area (TPSA) is 72.2 Å². The van der Waals surface area contributed by atoms with Crippen molar-refractivity contribution in [3.8, 4) is 0 Å². The smallest absolute Gasteiger partial charge is 0.250 e. The first-order valence-corrected chi connectivity index (χ1v) is 9.61. The zero-order chi connectivity index (χ0) is 14.6. The highest BCUT2D eigenvalue weighted by Gasteiger charge is 2.24. The third kappa shape index (κ3) is 4.04. The summed E-state index contributed by atoms with van der Waals surface area (Å²) in [7, 11) is -3.35. The normalized spacial score (nSPS) is 23.9. The highest BCUT2D eigenvalue weighted by molar-refractivity contribution is 7.91. The zero-order valence-electron chi connectivity index (χ0n) is 12.0. The number of nitrogens with two attached hydrogens (primary N) is 1. The number of hydrogen-bond acceptors (Lipinski definition) is 4. The molecule has 3 N–H and O–H groups in total. The van der Waals surface area contributed by atoms with Gasteiger partial charge in [0.1, 0.15) is 4.21 Å². The summed E-state index contributed by atoms with van der Waals surface area (Å²) < 4.78 is 27.7. The van der Waals surface area contributed by atoms with Crippen LogP contribution >= 0.6 is 11.3 Å². The molecule has 6 heteroatoms. The van der Waals surface area contributed by atoms with Gasteiger partial charge >= 0.3 is 0 Å². The minimum absolute atomic E-state index is 0.407. The molecule has 0 aliphatic heterocycles. The van der Waals surface area contributed by atoms with E-state index in [2.05, 4.69) is 11.6 Å². The van der Waals surface area contributed by atoms with Crippen molar-refractivity contribution in [2.24, 2.45) is 17.6 Å². The molecule has 0 amide bonds. The highest BCUT2D eigenvalue weighted by Crippen LogP contribution is 2.29. The fourth-order valence-electron chi connectivity index (χ4n) is 2.76. The fraction of sp³-hybridized carbons (Fsp3) is 0.714. The fourth-order valence-corrected chi connectivity index (χ4v) is 5.27. The maximum atomic E-state index is 12.3. The van der Waals surface area contributed by atoms with Gasteiger partial charge in [-0.25, -0.2) is 13.1 Å². The van der Waals surface area contributed by atoms with Gasteiger partial charge < -0.3 is 5.73 Å². The van der Waals surface area contributed by atoms with Gasteiger partial charge in [-0.15, -0.1) is 11.3 Å². The summed E-state index contributed by atoms with van der Waals surface area (Å²) in [6.07, 6.45) is 5.58. The number of nitrogens with one attached hydrogen (secondary N) is 1. The summed E-state index contributed by atoms with van der Waals surface area (Å²) in [5.74, 6) is 1.09. The van der Waals surface area contributed by atoms with Crippen molar-refractivity contribution in [2.75, 3.05) is 13.1 Å². The van der Waals surface area contributed by atoms with Gasteiger partial charge in [-0.1, -0.05) is 26.2 Å². The molecule has 2 unspecified atom stereocenters. The van der Waals surface area contributed by atoms with E-state index in [9.17, 15) is 8.42 Å². The van der Waals surface area contributed by atoms with Crippen LogP contribution in [0.3, 0.4) is 0 Å². The van der Waals surface area contributed by atoms with E-state index in [0.29, 0.717) is 29.1 Å². The van der Waals surface area contributed by atoms with E-state index in [0.717, 1.165) is 17.7 Å². The van der Waals surface area contributed by atoms with Crippen LogP contribution in [0.1, 0.15) is 37.5 Å². The van der Waals surface area contributed by atoms with E-state index < -0.39 is 10.0 Å². The van der Waals surface area contributed by atoms with Crippen LogP contribution < -0.4 is 10.5 Å². The first kappa shape index (κ1) is 15.9. The molecule has 2 rings (SSSR count). The molecule has 0 saturated heterocycles. The number of hydrogen-bond donors (Lipinski definition) is 2. The Kier molecular flexibility index (Phi) is 5.60. The van der Waals surface area contributed by atoms with Crippen LogP contribution in [0.15, 0.2) is 16.3 Å². The molecule has 20 heavy (non-hydrogen) atoms. The third-order valence-corrected chi connectivity index (χ3v) is 7.18. The van der Waals surface area contributed by atoms with Crippen molar-refractivity contribution in [1.82, 2.24) is 4.72 Å². The number of sulfonamides is 1. The second-order valence-corrected chi connectivity index (χ2v) is 8.80. The van der Waals surface area contributed by atoms with Crippen LogP contribution in [0.25, 0.3) is 0 Å². The van der Waals surface area contributed by atoms with Gasteiger partial charge in [0, 0.05) is 11.4 Å². The predicted molar refractivity (Wildman–Crippen MR) is 83.4 cm³/mol. The summed E-state index contributed by atoms with van der Waals surface area (Å²) in [5.41, 5.74) is 5.49. The summed E-state index contributed by atoms with van der Waals surface area (Å²) >= 11 is 1.32. The lowest BCUT2D eigenvalue weighted by Gasteiger charge is -2.28. The molecule has 1 aromatic rings. The lowest BCUT2D eigenvalue weighted by Crippen LogP contribution is -2.33. The highest BCUT2D eigenvalue weighted by atomic mass is 32.2. The number of thiophene rings is 1. The standard InChI is InChI=1S/C14H24N2O2S2/c1-11-4-2-3-5-12(11)10-16-20(17,18)14-7-6-13(19-14)8-9-15/h6-7,11-12,16H,2-5,8-10,15H2,1H3. The molecule has 0 radical (unpaired) electrons. The molecule has 1 aliphatic carbocycles. The Bertz CT molecular complexity index is 525. The molecule has 114 valence electrons. The first-order valence-electron chi connectivity index (χ1n) is 7.31. The minimum Gasteiger partial charge on any atom is -0.330 e. The number of rotatable bonds is 6. The molecule has 2 atom stereocenters. The Morgan fingerprint density at radius 1 is 1.35 bits per heavy atom. The maximum absolute atomic E-state index is 12.3. The van der Waals surface area contributed by atoms with E-state index in [-0.39, 0.29) is 0 Å². The largest absolute Gasteiger partial charge is 0.330 e. The van der Waals surface area contributed by atoms with Gasteiger partial charge in [0.15, 0.2) is 0 Å². The second-order valence-electron chi connectivity index (χ2n) is 5.63. The van der Waals surface area contributed by atoms with E-state index in [4.69, 9.17) is 5.73 Å². The van der Waals surface area contributed by atoms with Crippen molar-refractivity contribution in [1.29, 1.82) is 0 Å². The molecule has 4 nitrogen and oxygen atoms in total. The molecule has 0 aromatic carbocycles. The minimum atomic E-state index is -3.35. The summed E-state index contributed by atoms with van der Waals surface area (Å²) in [6.45, 7) is 3.34. The Morgan fingerprint density at radius 2 is 2.10 bits per heavy atom. The van der Waals surface area contributed by atoms with Crippen LogP contribution in [0.2, 0.25) is 0 Å². The molecule has 1 saturated carbocycles. The van der Waals surface area contributed by atoms with Crippen LogP contribution in [0, 0.1) is 11.8 Å². The Morgan fingerprint density at radius 3 is 2.80 bits per heavy atom. The van der Waals surface area contributed by atoms with Crippen LogP contribution in [0.5, 0.6) is 0 Å². The average molecular weight is 316 g/mol. The Balaban J connectivity index is 1.95. The first-order chi connectivity index (χ1) is 9.53. The molecular formula is C14H24N2O2S2. The lowest BCUT2D eigenvalue weighted by atomic mass is 9.81. The third-order valence-electron chi connectivity index (χ3n) is 4.12. The molecule has 0 bridgehead atoms. The SMILES string of the molecule is CC1CCCCC1CNS(=O)(=O)c1ccc(CCN)s1. The van der Waals surface area contributed by atoms with Crippen molar-refractivity contribution < 1.29 is 8.42 Å². The molecule has 1 heterocycles. The monoisotopic (exact) mass is 316 g/mol. The van der Waals surface area contributed by atoms with Crippen molar-refractivity contribution in [3.63, 3.8) is 0 Å². The van der Waals surface area contributed by atoms with E-state index in [1.165, 1.54) is 30.6 Å². The summed E-state index contributed by atoms with van der Waals surface area (Å²) in [5, 5.41) is 0. The summed E-state index contributed by atoms with van der Waals surface area (Å²) in [4.78, 5) is 1.03. The van der Waals surface area contributed by atoms with Gasteiger partial charge in [0.05, 0.1) is 0 Å². The van der Waals surface area contributed by atoms with Crippen LogP contribution in [-0.2, 0) is 16.4 Å².